The Morgan fingerprint density at radius 2 is 1.37 bits per heavy atom. The quantitative estimate of drug-likeness (QED) is 0.411. The smallest absolute Gasteiger partial charge is 0.174 e. The second-order valence-electron chi connectivity index (χ2n) is 6.56. The molecule has 30 heavy (non-hydrogen) atoms. The third-order valence-corrected chi connectivity index (χ3v) is 5.64. The maximum Gasteiger partial charge on any atom is 0.174 e. The van der Waals surface area contributed by atoms with E-state index in [0.717, 1.165) is 28.3 Å². The minimum atomic E-state index is 0.465. The van der Waals surface area contributed by atoms with E-state index < -0.39 is 0 Å². The number of benzene rings is 3. The molecule has 3 rings (SSSR count). The van der Waals surface area contributed by atoms with Gasteiger partial charge in [-0.25, -0.2) is 0 Å². The fourth-order valence-electron chi connectivity index (χ4n) is 2.90. The summed E-state index contributed by atoms with van der Waals surface area (Å²) in [5.74, 6) is 1.59. The van der Waals surface area contributed by atoms with Crippen LogP contribution in [0.15, 0.2) is 66.7 Å². The molecule has 0 saturated heterocycles. The van der Waals surface area contributed by atoms with E-state index in [9.17, 15) is 0 Å². The summed E-state index contributed by atoms with van der Waals surface area (Å²) in [6.45, 7) is 1.04. The number of methoxy groups -OCH3 is 2. The highest BCUT2D eigenvalue weighted by Gasteiger charge is 2.16. The van der Waals surface area contributed by atoms with Crippen molar-refractivity contribution in [3.8, 4) is 11.5 Å². The highest BCUT2D eigenvalue weighted by atomic mass is 35.5. The molecule has 0 spiro atoms. The summed E-state index contributed by atoms with van der Waals surface area (Å²) in [5, 5.41) is 5.06. The average Bonchev–Trinajstić information content (AvgIpc) is 2.76. The predicted molar refractivity (Wildman–Crippen MR) is 128 cm³/mol. The largest absolute Gasteiger partial charge is 0.497 e. The van der Waals surface area contributed by atoms with Crippen LogP contribution < -0.4 is 14.8 Å². The molecule has 0 atom stereocenters. The number of hydrogen-bond donors (Lipinski definition) is 1. The van der Waals surface area contributed by atoms with Crippen LogP contribution in [0, 0.1) is 0 Å². The van der Waals surface area contributed by atoms with E-state index in [4.69, 9.17) is 44.9 Å². The molecule has 1 N–H and O–H groups in total. The Morgan fingerprint density at radius 3 is 1.90 bits per heavy atom. The third-order valence-electron chi connectivity index (χ3n) is 4.57. The molecule has 156 valence electrons. The average molecular weight is 461 g/mol. The zero-order valence-electron chi connectivity index (χ0n) is 16.7. The van der Waals surface area contributed by atoms with Crippen LogP contribution in [-0.4, -0.2) is 24.2 Å². The van der Waals surface area contributed by atoms with E-state index in [1.165, 1.54) is 0 Å². The molecule has 0 unspecified atom stereocenters. The van der Waals surface area contributed by atoms with Gasteiger partial charge in [0.25, 0.3) is 0 Å². The summed E-state index contributed by atoms with van der Waals surface area (Å²) in [5.41, 5.74) is 2.77. The molecule has 0 amide bonds. The number of nitrogens with one attached hydrogen (secondary N) is 1. The number of thiocarbonyl (C=S) groups is 1. The minimum Gasteiger partial charge on any atom is -0.497 e. The normalized spacial score (nSPS) is 10.4. The molecule has 0 saturated carbocycles. The van der Waals surface area contributed by atoms with Crippen molar-refractivity contribution in [2.45, 2.75) is 13.1 Å². The summed E-state index contributed by atoms with van der Waals surface area (Å²) < 4.78 is 10.5. The molecule has 0 bridgehead atoms. The highest BCUT2D eigenvalue weighted by Crippen LogP contribution is 2.27. The summed E-state index contributed by atoms with van der Waals surface area (Å²) in [6, 6.07) is 20.9. The Kier molecular flexibility index (Phi) is 7.80. The van der Waals surface area contributed by atoms with Crippen LogP contribution in [0.5, 0.6) is 11.5 Å². The summed E-state index contributed by atoms with van der Waals surface area (Å²) in [4.78, 5) is 2.02. The molecule has 3 aromatic rings. The zero-order valence-corrected chi connectivity index (χ0v) is 19.0. The topological polar surface area (TPSA) is 33.7 Å². The van der Waals surface area contributed by atoms with E-state index in [0.29, 0.717) is 28.2 Å². The number of rotatable bonds is 7. The lowest BCUT2D eigenvalue weighted by Gasteiger charge is -2.27. The van der Waals surface area contributed by atoms with Crippen molar-refractivity contribution in [1.29, 1.82) is 0 Å². The molecule has 3 aromatic carbocycles. The van der Waals surface area contributed by atoms with Gasteiger partial charge in [-0.3, -0.25) is 0 Å². The van der Waals surface area contributed by atoms with Gasteiger partial charge in [-0.15, -0.1) is 0 Å². The lowest BCUT2D eigenvalue weighted by Crippen LogP contribution is -2.34. The Hall–Kier alpha value is -2.47. The van der Waals surface area contributed by atoms with Crippen molar-refractivity contribution in [3.63, 3.8) is 0 Å². The lowest BCUT2D eigenvalue weighted by molar-refractivity contribution is 0.407. The maximum absolute atomic E-state index is 6.41. The first-order chi connectivity index (χ1) is 14.5. The molecular weight excluding hydrogens is 439 g/mol. The van der Waals surface area contributed by atoms with Crippen LogP contribution >= 0.6 is 35.4 Å². The van der Waals surface area contributed by atoms with Gasteiger partial charge < -0.3 is 19.7 Å². The van der Waals surface area contributed by atoms with Gasteiger partial charge in [-0.2, -0.15) is 0 Å². The van der Waals surface area contributed by atoms with Crippen LogP contribution in [0.4, 0.5) is 5.69 Å². The van der Waals surface area contributed by atoms with Gasteiger partial charge in [-0.05, 0) is 66.3 Å². The minimum absolute atomic E-state index is 0.465. The summed E-state index contributed by atoms with van der Waals surface area (Å²) >= 11 is 18.5. The fourth-order valence-corrected chi connectivity index (χ4v) is 3.67. The lowest BCUT2D eigenvalue weighted by atomic mass is 10.1. The molecule has 0 aliphatic rings. The van der Waals surface area contributed by atoms with Crippen LogP contribution in [-0.2, 0) is 13.1 Å². The zero-order chi connectivity index (χ0) is 21.5. The maximum atomic E-state index is 6.41. The standard InChI is InChI=1S/C23H22Cl2N2O2S/c1-28-18-10-6-16(7-11-18)14-27(15-20-21(24)4-3-5-22(20)25)23(30)26-17-8-12-19(29-2)13-9-17/h3-13H,14-15H2,1-2H3,(H,26,30). The number of halogens is 2. The van der Waals surface area contributed by atoms with Gasteiger partial charge in [0.2, 0.25) is 0 Å². The Morgan fingerprint density at radius 1 is 0.833 bits per heavy atom. The van der Waals surface area contributed by atoms with Crippen LogP contribution in [0.3, 0.4) is 0 Å². The van der Waals surface area contributed by atoms with Crippen molar-refractivity contribution in [1.82, 2.24) is 4.90 Å². The Bertz CT molecular complexity index is 975. The summed E-state index contributed by atoms with van der Waals surface area (Å²) in [6.07, 6.45) is 0. The van der Waals surface area contributed by atoms with E-state index in [1.807, 2.05) is 71.6 Å². The van der Waals surface area contributed by atoms with E-state index >= 15 is 0 Å². The third kappa shape index (κ3) is 5.79. The number of nitrogens with zero attached hydrogens (tertiary/aromatic N) is 1. The van der Waals surface area contributed by atoms with Gasteiger partial charge in [0, 0.05) is 34.4 Å². The number of ether oxygens (including phenoxy) is 2. The van der Waals surface area contributed by atoms with Crippen molar-refractivity contribution in [2.75, 3.05) is 19.5 Å². The number of anilines is 1. The molecular formula is C23H22Cl2N2O2S. The monoisotopic (exact) mass is 460 g/mol. The first-order valence-corrected chi connectivity index (χ1v) is 10.4. The molecule has 0 heterocycles. The Labute approximate surface area is 192 Å². The Balaban J connectivity index is 1.83. The highest BCUT2D eigenvalue weighted by molar-refractivity contribution is 7.80. The second-order valence-corrected chi connectivity index (χ2v) is 7.76. The molecule has 4 nitrogen and oxygen atoms in total. The van der Waals surface area contributed by atoms with E-state index in [2.05, 4.69) is 5.32 Å². The first kappa shape index (κ1) is 22.2. The van der Waals surface area contributed by atoms with Gasteiger partial charge in [0.15, 0.2) is 5.11 Å². The second kappa shape index (κ2) is 10.5. The van der Waals surface area contributed by atoms with Crippen molar-refractivity contribution in [2.24, 2.45) is 0 Å². The van der Waals surface area contributed by atoms with Crippen LogP contribution in [0.1, 0.15) is 11.1 Å². The van der Waals surface area contributed by atoms with Crippen molar-refractivity contribution in [3.05, 3.63) is 87.9 Å². The van der Waals surface area contributed by atoms with Gasteiger partial charge in [-0.1, -0.05) is 41.4 Å². The molecule has 0 aromatic heterocycles. The fraction of sp³-hybridized carbons (Fsp3) is 0.174. The van der Waals surface area contributed by atoms with Crippen LogP contribution in [0.2, 0.25) is 10.0 Å². The first-order valence-electron chi connectivity index (χ1n) is 9.26. The molecule has 0 aliphatic carbocycles. The van der Waals surface area contributed by atoms with Crippen molar-refractivity contribution >= 4 is 46.2 Å². The predicted octanol–water partition coefficient (Wildman–Crippen LogP) is 6.41. The SMILES string of the molecule is COc1ccc(CN(Cc2c(Cl)cccc2Cl)C(=S)Nc2ccc(OC)cc2)cc1. The van der Waals surface area contributed by atoms with Crippen LogP contribution in [0.25, 0.3) is 0 Å². The van der Waals surface area contributed by atoms with Crippen molar-refractivity contribution < 1.29 is 9.47 Å². The molecule has 0 aliphatic heterocycles. The molecule has 7 heteroatoms. The summed E-state index contributed by atoms with van der Waals surface area (Å²) in [7, 11) is 3.28. The van der Waals surface area contributed by atoms with E-state index in [1.54, 1.807) is 14.2 Å². The number of hydrogen-bond acceptors (Lipinski definition) is 3. The molecule has 0 fully saturated rings. The molecule has 0 radical (unpaired) electrons. The van der Waals surface area contributed by atoms with Gasteiger partial charge in [0.1, 0.15) is 11.5 Å². The van der Waals surface area contributed by atoms with E-state index in [-0.39, 0.29) is 0 Å². The van der Waals surface area contributed by atoms with Gasteiger partial charge >= 0.3 is 0 Å². The van der Waals surface area contributed by atoms with Gasteiger partial charge in [0.05, 0.1) is 14.2 Å².